The first-order valence-electron chi connectivity index (χ1n) is 9.11. The van der Waals surface area contributed by atoms with Gasteiger partial charge in [-0.05, 0) is 18.2 Å². The van der Waals surface area contributed by atoms with E-state index in [0.717, 1.165) is 4.90 Å². The number of carboxylic acids is 1. The van der Waals surface area contributed by atoms with Gasteiger partial charge in [-0.3, -0.25) is 19.7 Å². The van der Waals surface area contributed by atoms with Crippen LogP contribution >= 0.6 is 0 Å². The zero-order chi connectivity index (χ0) is 20.7. The number of carbonyl (C=O) groups is 3. The minimum absolute atomic E-state index is 0.426. The van der Waals surface area contributed by atoms with E-state index in [1.807, 2.05) is 0 Å². The number of rotatable bonds is 5. The van der Waals surface area contributed by atoms with Crippen molar-refractivity contribution in [3.05, 3.63) is 54.1 Å². The predicted octanol–water partition coefficient (Wildman–Crippen LogP) is 1.61. The largest absolute Gasteiger partial charge is 0.497 e. The average Bonchev–Trinajstić information content (AvgIpc) is 3.25. The number of carboxylic acid groups (broad SMARTS) is 1. The second kappa shape index (κ2) is 7.21. The number of amides is 2. The third-order valence-corrected chi connectivity index (χ3v) is 5.53. The summed E-state index contributed by atoms with van der Waals surface area (Å²) in [4.78, 5) is 39.3. The first-order chi connectivity index (χ1) is 14.0. The highest BCUT2D eigenvalue weighted by Gasteiger charge is 2.61. The second-order valence-electron chi connectivity index (χ2n) is 6.97. The van der Waals surface area contributed by atoms with Gasteiger partial charge in [0.25, 0.3) is 0 Å². The maximum absolute atomic E-state index is 13.3. The Kier molecular flexibility index (Phi) is 4.71. The third kappa shape index (κ3) is 2.92. The van der Waals surface area contributed by atoms with E-state index in [1.165, 1.54) is 14.2 Å². The topological polar surface area (TPSA) is 105 Å². The van der Waals surface area contributed by atoms with Crippen molar-refractivity contribution in [3.63, 3.8) is 0 Å². The number of nitrogens with zero attached hydrogens (tertiary/aromatic N) is 1. The van der Waals surface area contributed by atoms with Gasteiger partial charge in [0.05, 0.1) is 31.7 Å². The number of carbonyl (C=O) groups excluding carboxylic acids is 2. The Bertz CT molecular complexity index is 976. The van der Waals surface area contributed by atoms with E-state index >= 15 is 0 Å². The van der Waals surface area contributed by atoms with E-state index in [0.29, 0.717) is 22.7 Å². The number of hydrogen-bond acceptors (Lipinski definition) is 6. The van der Waals surface area contributed by atoms with Gasteiger partial charge in [-0.1, -0.05) is 24.3 Å². The standard InChI is InChI=1S/C21H20N2O6/c1-28-12-8-9-13(14(10-12)29-2)17-15-16(18(22-17)21(26)27)20(25)23(19(15)24)11-6-4-3-5-7-11/h3-10,15-18,22H,1-2H3,(H,26,27)/t15-,16+,17-,18-/m0/s1. The molecule has 2 aliphatic heterocycles. The summed E-state index contributed by atoms with van der Waals surface area (Å²) in [5, 5.41) is 12.7. The zero-order valence-corrected chi connectivity index (χ0v) is 15.9. The van der Waals surface area contributed by atoms with Crippen LogP contribution in [0.3, 0.4) is 0 Å². The fraction of sp³-hybridized carbons (Fsp3) is 0.286. The van der Waals surface area contributed by atoms with E-state index in [9.17, 15) is 19.5 Å². The van der Waals surface area contributed by atoms with E-state index < -0.39 is 41.7 Å². The van der Waals surface area contributed by atoms with Crippen molar-refractivity contribution in [2.24, 2.45) is 11.8 Å². The fourth-order valence-electron chi connectivity index (χ4n) is 4.23. The number of fused-ring (bicyclic) bond motifs is 1. The minimum atomic E-state index is -1.18. The van der Waals surface area contributed by atoms with E-state index in [1.54, 1.807) is 48.5 Å². The van der Waals surface area contributed by atoms with Crippen molar-refractivity contribution < 1.29 is 29.0 Å². The molecule has 2 aliphatic rings. The molecule has 0 spiro atoms. The van der Waals surface area contributed by atoms with Gasteiger partial charge in [0.1, 0.15) is 17.5 Å². The molecule has 2 fully saturated rings. The van der Waals surface area contributed by atoms with Crippen molar-refractivity contribution in [1.29, 1.82) is 0 Å². The van der Waals surface area contributed by atoms with Crippen molar-refractivity contribution in [3.8, 4) is 11.5 Å². The number of nitrogens with one attached hydrogen (secondary N) is 1. The van der Waals surface area contributed by atoms with Crippen molar-refractivity contribution >= 4 is 23.5 Å². The summed E-state index contributed by atoms with van der Waals surface area (Å²) in [6.07, 6.45) is 0. The maximum Gasteiger partial charge on any atom is 0.321 e. The van der Waals surface area contributed by atoms with Crippen LogP contribution in [-0.4, -0.2) is 43.2 Å². The molecule has 0 radical (unpaired) electrons. The first-order valence-corrected chi connectivity index (χ1v) is 9.11. The van der Waals surface area contributed by atoms with E-state index in [4.69, 9.17) is 9.47 Å². The van der Waals surface area contributed by atoms with Gasteiger partial charge in [-0.25, -0.2) is 4.90 Å². The summed E-state index contributed by atoms with van der Waals surface area (Å²) < 4.78 is 10.7. The number of methoxy groups -OCH3 is 2. The second-order valence-corrected chi connectivity index (χ2v) is 6.97. The Hall–Kier alpha value is -3.39. The number of anilines is 1. The van der Waals surface area contributed by atoms with Crippen LogP contribution in [0.2, 0.25) is 0 Å². The zero-order valence-electron chi connectivity index (χ0n) is 15.9. The maximum atomic E-state index is 13.3. The normalized spacial score (nSPS) is 25.8. The lowest BCUT2D eigenvalue weighted by molar-refractivity contribution is -0.142. The van der Waals surface area contributed by atoms with Gasteiger partial charge in [0.15, 0.2) is 0 Å². The van der Waals surface area contributed by atoms with Gasteiger partial charge >= 0.3 is 5.97 Å². The van der Waals surface area contributed by atoms with Gasteiger partial charge in [0.2, 0.25) is 11.8 Å². The van der Waals surface area contributed by atoms with Crippen LogP contribution in [0.4, 0.5) is 5.69 Å². The number of hydrogen-bond donors (Lipinski definition) is 2. The van der Waals surface area contributed by atoms with Gasteiger partial charge in [-0.2, -0.15) is 0 Å². The fourth-order valence-corrected chi connectivity index (χ4v) is 4.23. The Labute approximate surface area is 167 Å². The van der Waals surface area contributed by atoms with Crippen LogP contribution in [-0.2, 0) is 14.4 Å². The van der Waals surface area contributed by atoms with Crippen molar-refractivity contribution in [1.82, 2.24) is 5.32 Å². The lowest BCUT2D eigenvalue weighted by atomic mass is 9.86. The Morgan fingerprint density at radius 2 is 1.69 bits per heavy atom. The highest BCUT2D eigenvalue weighted by molar-refractivity contribution is 6.23. The lowest BCUT2D eigenvalue weighted by Crippen LogP contribution is -2.43. The molecule has 8 heteroatoms. The lowest BCUT2D eigenvalue weighted by Gasteiger charge is -2.23. The summed E-state index contributed by atoms with van der Waals surface area (Å²) in [6, 6.07) is 11.8. The molecular weight excluding hydrogens is 376 g/mol. The molecule has 2 amide bonds. The monoisotopic (exact) mass is 396 g/mol. The highest BCUT2D eigenvalue weighted by Crippen LogP contribution is 2.47. The molecule has 2 aromatic carbocycles. The molecule has 2 N–H and O–H groups in total. The molecular formula is C21H20N2O6. The smallest absolute Gasteiger partial charge is 0.321 e. The van der Waals surface area contributed by atoms with Crippen LogP contribution in [0.1, 0.15) is 11.6 Å². The molecule has 0 saturated carbocycles. The van der Waals surface area contributed by atoms with E-state index in [2.05, 4.69) is 5.32 Å². The van der Waals surface area contributed by atoms with Crippen molar-refractivity contribution in [2.75, 3.05) is 19.1 Å². The van der Waals surface area contributed by atoms with Crippen LogP contribution in [0.5, 0.6) is 11.5 Å². The minimum Gasteiger partial charge on any atom is -0.497 e. The quantitative estimate of drug-likeness (QED) is 0.740. The molecule has 4 atom stereocenters. The molecule has 0 unspecified atom stereocenters. The van der Waals surface area contributed by atoms with Crippen molar-refractivity contribution in [2.45, 2.75) is 12.1 Å². The first kappa shape index (κ1) is 18.9. The summed E-state index contributed by atoms with van der Waals surface area (Å²) in [7, 11) is 3.01. The van der Waals surface area contributed by atoms with Crippen LogP contribution < -0.4 is 19.7 Å². The number of imide groups is 1. The number of para-hydroxylation sites is 1. The Morgan fingerprint density at radius 3 is 2.31 bits per heavy atom. The molecule has 0 aromatic heterocycles. The Morgan fingerprint density at radius 1 is 1.00 bits per heavy atom. The molecule has 8 nitrogen and oxygen atoms in total. The molecule has 150 valence electrons. The molecule has 29 heavy (non-hydrogen) atoms. The Balaban J connectivity index is 1.79. The highest BCUT2D eigenvalue weighted by atomic mass is 16.5. The number of ether oxygens (including phenoxy) is 2. The van der Waals surface area contributed by atoms with Crippen LogP contribution in [0, 0.1) is 11.8 Å². The van der Waals surface area contributed by atoms with Crippen LogP contribution in [0.25, 0.3) is 0 Å². The third-order valence-electron chi connectivity index (χ3n) is 5.53. The van der Waals surface area contributed by atoms with Gasteiger partial charge in [-0.15, -0.1) is 0 Å². The predicted molar refractivity (Wildman–Crippen MR) is 103 cm³/mol. The molecule has 4 rings (SSSR count). The molecule has 0 aliphatic carbocycles. The molecule has 2 aromatic rings. The van der Waals surface area contributed by atoms with E-state index in [-0.39, 0.29) is 0 Å². The summed E-state index contributed by atoms with van der Waals surface area (Å²) in [5.74, 6) is -2.96. The summed E-state index contributed by atoms with van der Waals surface area (Å²) in [5.41, 5.74) is 1.03. The summed E-state index contributed by atoms with van der Waals surface area (Å²) >= 11 is 0. The van der Waals surface area contributed by atoms with Gasteiger partial charge < -0.3 is 14.6 Å². The van der Waals surface area contributed by atoms with Gasteiger partial charge in [0, 0.05) is 17.7 Å². The molecule has 2 heterocycles. The number of benzene rings is 2. The van der Waals surface area contributed by atoms with Crippen LogP contribution in [0.15, 0.2) is 48.5 Å². The molecule has 2 saturated heterocycles. The number of aliphatic carboxylic acids is 1. The average molecular weight is 396 g/mol. The molecule has 0 bridgehead atoms. The SMILES string of the molecule is COc1ccc([C@@H]2N[C@H](C(=O)O)[C@@H]3C(=O)N(c4ccccc4)C(=O)[C@@H]32)c(OC)c1. The summed E-state index contributed by atoms with van der Waals surface area (Å²) in [6.45, 7) is 0.